The van der Waals surface area contributed by atoms with E-state index in [4.69, 9.17) is 11.8 Å². The van der Waals surface area contributed by atoms with Crippen LogP contribution in [0.2, 0.25) is 1.41 Å². The largest absolute Gasteiger partial charge is 0.369 e. The molecule has 5 N–H and O–H groups in total. The molecule has 0 saturated carbocycles. The predicted molar refractivity (Wildman–Crippen MR) is 104 cm³/mol. The van der Waals surface area contributed by atoms with Gasteiger partial charge in [-0.25, -0.2) is 9.69 Å². The minimum Gasteiger partial charge on any atom is -0.369 e. The maximum atomic E-state index is 10.6. The van der Waals surface area contributed by atoms with Crippen molar-refractivity contribution in [1.29, 1.82) is 5.40 Å². The SMILES string of the molecule is [H]/N=C(/c1nonc1NCC(C)N)N(O)c1ccc(N2CCN(C)CC2)cc1. The van der Waals surface area contributed by atoms with E-state index in [1.807, 2.05) is 19.1 Å². The molecule has 1 aliphatic rings. The molecule has 0 spiro atoms. The third-order valence-electron chi connectivity index (χ3n) is 4.46. The number of hydrogen-bond acceptors (Lipinski definition) is 9. The van der Waals surface area contributed by atoms with Gasteiger partial charge in [0, 0.05) is 44.5 Å². The molecule has 1 fully saturated rings. The quantitative estimate of drug-likeness (QED) is 0.329. The van der Waals surface area contributed by atoms with Crippen LogP contribution in [0.15, 0.2) is 28.9 Å². The molecule has 2 aromatic rings. The number of nitrogens with two attached hydrogens (primary N) is 1. The van der Waals surface area contributed by atoms with E-state index >= 15 is 0 Å². The fourth-order valence-corrected chi connectivity index (χ4v) is 2.80. The number of rotatable bonds is 6. The number of aromatic nitrogens is 2. The van der Waals surface area contributed by atoms with Gasteiger partial charge in [-0.2, -0.15) is 0 Å². The molecule has 1 aromatic carbocycles. The second-order valence-electron chi connectivity index (χ2n) is 6.76. The summed E-state index contributed by atoms with van der Waals surface area (Å²) < 4.78 is 12.2. The highest BCUT2D eigenvalue weighted by molar-refractivity contribution is 6.07. The summed E-state index contributed by atoms with van der Waals surface area (Å²) in [7, 11) is 2.11. The Balaban J connectivity index is 1.73. The molecule has 1 aliphatic heterocycles. The van der Waals surface area contributed by atoms with E-state index in [0.29, 0.717) is 12.2 Å². The van der Waals surface area contributed by atoms with Crippen molar-refractivity contribution in [3.8, 4) is 0 Å². The summed E-state index contributed by atoms with van der Waals surface area (Å²) in [6.45, 7) is 6.20. The molecule has 1 aromatic heterocycles. The van der Waals surface area contributed by atoms with E-state index in [1.165, 1.54) is 0 Å². The molecular formula is C17H26N8O2. The summed E-state index contributed by atoms with van der Waals surface area (Å²) in [4.78, 5) is 4.59. The zero-order valence-corrected chi connectivity index (χ0v) is 15.5. The molecule has 27 heavy (non-hydrogen) atoms. The van der Waals surface area contributed by atoms with Gasteiger partial charge in [0.15, 0.2) is 12.9 Å². The lowest BCUT2D eigenvalue weighted by Gasteiger charge is -2.34. The van der Waals surface area contributed by atoms with E-state index in [0.717, 1.165) is 36.9 Å². The lowest BCUT2D eigenvalue weighted by molar-refractivity contribution is 0.300. The zero-order valence-electron chi connectivity index (χ0n) is 16.5. The Kier molecular flexibility index (Phi) is 5.47. The minimum absolute atomic E-state index is 0.110. The number of anilines is 3. The van der Waals surface area contributed by atoms with Gasteiger partial charge in [0.05, 0.1) is 5.69 Å². The normalized spacial score (nSPS) is 17.6. The van der Waals surface area contributed by atoms with Gasteiger partial charge in [0.25, 0.3) is 0 Å². The first-order chi connectivity index (χ1) is 13.5. The Labute approximate surface area is 159 Å². The first-order valence-corrected chi connectivity index (χ1v) is 8.86. The van der Waals surface area contributed by atoms with Crippen LogP contribution in [0.5, 0.6) is 0 Å². The molecule has 2 heterocycles. The van der Waals surface area contributed by atoms with Gasteiger partial charge in [0.2, 0.25) is 5.82 Å². The van der Waals surface area contributed by atoms with Crippen molar-refractivity contribution in [3.05, 3.63) is 30.0 Å². The van der Waals surface area contributed by atoms with E-state index in [1.54, 1.807) is 12.1 Å². The van der Waals surface area contributed by atoms with Crippen molar-refractivity contribution >= 4 is 23.0 Å². The summed E-state index contributed by atoms with van der Waals surface area (Å²) in [5.74, 6) is 0.150. The average Bonchev–Trinajstić information content (AvgIpc) is 3.16. The van der Waals surface area contributed by atoms with Crippen molar-refractivity contribution < 1.29 is 11.2 Å². The van der Waals surface area contributed by atoms with Gasteiger partial charge in [-0.15, -0.1) is 0 Å². The molecule has 0 radical (unpaired) electrons. The first kappa shape index (κ1) is 17.7. The van der Waals surface area contributed by atoms with E-state index in [-0.39, 0.29) is 23.4 Å². The van der Waals surface area contributed by atoms with Crippen LogP contribution in [0, 0.1) is 5.40 Å². The van der Waals surface area contributed by atoms with Crippen molar-refractivity contribution in [2.75, 3.05) is 55.1 Å². The topological polar surface area (TPSA) is 131 Å². The standard InChI is InChI=1S/C17H26N8O2/c1-12(18)11-20-17-15(21-27-22-17)16(19)25(26)14-5-3-13(4-6-14)24-9-7-23(2)8-10-24/h3-6,12,19,26H,7-11,18H2,1-2H3,(H,20,22)/b19-16-. The number of nitrogens with zero attached hydrogens (tertiary/aromatic N) is 5. The van der Waals surface area contributed by atoms with E-state index < -0.39 is 0 Å². The average molecular weight is 374 g/mol. The van der Waals surface area contributed by atoms with Crippen LogP contribution in [0.1, 0.15) is 12.6 Å². The zero-order chi connectivity index (χ0) is 20.1. The van der Waals surface area contributed by atoms with Crippen LogP contribution >= 0.6 is 0 Å². The van der Waals surface area contributed by atoms with Crippen molar-refractivity contribution in [2.45, 2.75) is 13.0 Å². The smallest absolute Gasteiger partial charge is 0.202 e. The maximum absolute atomic E-state index is 10.6. The number of hydroxylamine groups is 1. The lowest BCUT2D eigenvalue weighted by Crippen LogP contribution is -2.44. The Morgan fingerprint density at radius 2 is 2.07 bits per heavy atom. The van der Waals surface area contributed by atoms with E-state index in [9.17, 15) is 5.21 Å². The Morgan fingerprint density at radius 1 is 1.37 bits per heavy atom. The number of amidine groups is 1. The van der Waals surface area contributed by atoms with Gasteiger partial charge in [-0.05, 0) is 48.6 Å². The molecule has 146 valence electrons. The molecule has 10 heteroatoms. The second-order valence-corrected chi connectivity index (χ2v) is 6.76. The summed E-state index contributed by atoms with van der Waals surface area (Å²) in [5, 5.41) is 25.3. The van der Waals surface area contributed by atoms with Gasteiger partial charge in [-0.3, -0.25) is 10.6 Å². The van der Waals surface area contributed by atoms with Gasteiger partial charge in [-0.1, -0.05) is 0 Å². The predicted octanol–water partition coefficient (Wildman–Crippen LogP) is 0.802. The highest BCUT2D eigenvalue weighted by Gasteiger charge is 2.21. The van der Waals surface area contributed by atoms with Crippen LogP contribution in [0.3, 0.4) is 0 Å². The van der Waals surface area contributed by atoms with Gasteiger partial charge >= 0.3 is 0 Å². The summed E-state index contributed by atoms with van der Waals surface area (Å²) >= 11 is 0. The summed E-state index contributed by atoms with van der Waals surface area (Å²) in [6, 6.07) is 7.28. The molecular weight excluding hydrogens is 348 g/mol. The monoisotopic (exact) mass is 374 g/mol. The molecule has 0 amide bonds. The van der Waals surface area contributed by atoms with Crippen molar-refractivity contribution in [2.24, 2.45) is 5.73 Å². The number of nitrogens with one attached hydrogen (secondary N) is 2. The maximum Gasteiger partial charge on any atom is 0.202 e. The van der Waals surface area contributed by atoms with Crippen LogP contribution in [-0.2, 0) is 0 Å². The van der Waals surface area contributed by atoms with Crippen LogP contribution in [0.25, 0.3) is 0 Å². The Bertz CT molecular complexity index is 787. The minimum atomic E-state index is -0.117. The van der Waals surface area contributed by atoms with Crippen LogP contribution in [0.4, 0.5) is 17.2 Å². The molecule has 1 unspecified atom stereocenters. The third kappa shape index (κ3) is 4.54. The van der Waals surface area contributed by atoms with Crippen molar-refractivity contribution in [3.63, 3.8) is 0 Å². The van der Waals surface area contributed by atoms with Gasteiger partial charge < -0.3 is 20.9 Å². The molecule has 3 rings (SSSR count). The third-order valence-corrected chi connectivity index (χ3v) is 4.46. The highest BCUT2D eigenvalue weighted by atomic mass is 16.6. The summed E-state index contributed by atoms with van der Waals surface area (Å²) in [5.41, 5.74) is 7.38. The van der Waals surface area contributed by atoms with Gasteiger partial charge in [0.1, 0.15) is 0 Å². The number of piperazine rings is 1. The number of hydrogen-bond donors (Lipinski definition) is 4. The second kappa shape index (κ2) is 8.33. The van der Waals surface area contributed by atoms with E-state index in [2.05, 4.69) is 37.9 Å². The molecule has 1 saturated heterocycles. The fourth-order valence-electron chi connectivity index (χ4n) is 2.80. The van der Waals surface area contributed by atoms with Crippen LogP contribution < -0.4 is 21.0 Å². The van der Waals surface area contributed by atoms with Crippen molar-refractivity contribution in [1.82, 2.24) is 15.2 Å². The Morgan fingerprint density at radius 3 is 2.70 bits per heavy atom. The number of benzene rings is 1. The summed E-state index contributed by atoms with van der Waals surface area (Å²) in [6.07, 6.45) is 0. The number of likely N-dealkylation sites (N-methyl/N-ethyl adjacent to an activating group) is 1. The molecule has 0 bridgehead atoms. The fraction of sp³-hybridized carbons (Fsp3) is 0.471. The molecule has 10 nitrogen and oxygen atoms in total. The highest BCUT2D eigenvalue weighted by Crippen LogP contribution is 2.23. The first-order valence-electron chi connectivity index (χ1n) is 9.31. The lowest BCUT2D eigenvalue weighted by atomic mass is 10.2. The Hall–Kier alpha value is -2.69. The molecule has 0 aliphatic carbocycles. The molecule has 1 atom stereocenters. The van der Waals surface area contributed by atoms with Crippen LogP contribution in [-0.4, -0.2) is 72.1 Å².